The number of rotatable bonds is 2. The highest BCUT2D eigenvalue weighted by molar-refractivity contribution is 9.10. The predicted octanol–water partition coefficient (Wildman–Crippen LogP) is 2.56. The molecule has 0 N–H and O–H groups in total. The van der Waals surface area contributed by atoms with Gasteiger partial charge in [-0.3, -0.25) is 0 Å². The highest BCUT2D eigenvalue weighted by Gasteiger charge is 2.04. The Labute approximate surface area is 88.1 Å². The Balaban J connectivity index is 2.15. The number of hydrogen-bond donors (Lipinski definition) is 0. The quantitative estimate of drug-likeness (QED) is 0.829. The van der Waals surface area contributed by atoms with Crippen LogP contribution in [0.5, 0.6) is 0 Å². The molecule has 2 aromatic rings. The van der Waals surface area contributed by atoms with Gasteiger partial charge in [-0.05, 0) is 17.7 Å². The average Bonchev–Trinajstić information content (AvgIpc) is 2.56. The molecule has 0 aliphatic carbocycles. The number of hydrogen-bond acceptors (Lipinski definition) is 3. The summed E-state index contributed by atoms with van der Waals surface area (Å²) in [6.45, 7) is 0. The second-order valence-corrected chi connectivity index (χ2v) is 3.45. The van der Waals surface area contributed by atoms with Crippen molar-refractivity contribution >= 4 is 15.9 Å². The summed E-state index contributed by atoms with van der Waals surface area (Å²) in [6, 6.07) is 6.20. The minimum absolute atomic E-state index is 0.247. The largest absolute Gasteiger partial charge is 0.327 e. The zero-order valence-electron chi connectivity index (χ0n) is 7.08. The van der Waals surface area contributed by atoms with Gasteiger partial charge in [0, 0.05) is 22.4 Å². The lowest BCUT2D eigenvalue weighted by Crippen LogP contribution is -1.90. The Bertz CT molecular complexity index is 427. The molecular weight excluding hydrogens is 251 g/mol. The van der Waals surface area contributed by atoms with E-state index in [-0.39, 0.29) is 5.82 Å². The van der Waals surface area contributed by atoms with Gasteiger partial charge in [0.05, 0.1) is 0 Å². The molecule has 1 aromatic carbocycles. The summed E-state index contributed by atoms with van der Waals surface area (Å²) in [5.41, 5.74) is 0.944. The van der Waals surface area contributed by atoms with Gasteiger partial charge in [-0.15, -0.1) is 0 Å². The van der Waals surface area contributed by atoms with Gasteiger partial charge in [-0.2, -0.15) is 4.98 Å². The normalized spacial score (nSPS) is 10.4. The third-order valence-corrected chi connectivity index (χ3v) is 2.04. The smallest absolute Gasteiger partial charge is 0.293 e. The van der Waals surface area contributed by atoms with E-state index in [4.69, 9.17) is 4.52 Å². The summed E-state index contributed by atoms with van der Waals surface area (Å²) < 4.78 is 17.3. The highest BCUT2D eigenvalue weighted by Crippen LogP contribution is 2.10. The van der Waals surface area contributed by atoms with Crippen molar-refractivity contribution in [2.24, 2.45) is 0 Å². The number of aromatic nitrogens is 2. The van der Waals surface area contributed by atoms with Crippen molar-refractivity contribution in [3.05, 3.63) is 46.3 Å². The molecule has 14 heavy (non-hydrogen) atoms. The minimum atomic E-state index is -0.247. The fraction of sp³-hybridized carbons (Fsp3) is 0.111. The minimum Gasteiger partial charge on any atom is -0.327 e. The van der Waals surface area contributed by atoms with E-state index in [9.17, 15) is 4.39 Å². The lowest BCUT2D eigenvalue weighted by Gasteiger charge is -1.95. The van der Waals surface area contributed by atoms with Crippen molar-refractivity contribution in [1.82, 2.24) is 10.1 Å². The molecule has 3 nitrogen and oxygen atoms in total. The van der Waals surface area contributed by atoms with E-state index in [2.05, 4.69) is 26.1 Å². The molecule has 0 fully saturated rings. The van der Waals surface area contributed by atoms with Crippen LogP contribution in [0.3, 0.4) is 0 Å². The monoisotopic (exact) mass is 256 g/mol. The summed E-state index contributed by atoms with van der Waals surface area (Å²) >= 11 is 3.06. The number of benzene rings is 1. The standard InChI is InChI=1S/C9H6BrFN2O/c10-9-12-8(13-14-9)5-6-1-3-7(11)4-2-6/h1-4H,5H2. The summed E-state index contributed by atoms with van der Waals surface area (Å²) in [5.74, 6) is 0.325. The van der Waals surface area contributed by atoms with Crippen molar-refractivity contribution in [1.29, 1.82) is 0 Å². The molecule has 0 atom stereocenters. The van der Waals surface area contributed by atoms with Gasteiger partial charge in [0.2, 0.25) is 0 Å². The Morgan fingerprint density at radius 3 is 2.57 bits per heavy atom. The zero-order valence-corrected chi connectivity index (χ0v) is 8.66. The van der Waals surface area contributed by atoms with Gasteiger partial charge >= 0.3 is 0 Å². The number of nitrogens with zero attached hydrogens (tertiary/aromatic N) is 2. The predicted molar refractivity (Wildman–Crippen MR) is 51.2 cm³/mol. The van der Waals surface area contributed by atoms with E-state index >= 15 is 0 Å². The van der Waals surface area contributed by atoms with Crippen LogP contribution in [0.15, 0.2) is 33.6 Å². The lowest BCUT2D eigenvalue weighted by molar-refractivity contribution is 0.391. The average molecular weight is 257 g/mol. The SMILES string of the molecule is Fc1ccc(Cc2noc(Br)n2)cc1. The molecule has 72 valence electrons. The summed E-state index contributed by atoms with van der Waals surface area (Å²) in [5, 5.41) is 3.71. The fourth-order valence-corrected chi connectivity index (χ4v) is 1.37. The maximum atomic E-state index is 12.6. The molecule has 0 saturated heterocycles. The van der Waals surface area contributed by atoms with Gasteiger partial charge in [0.1, 0.15) is 5.82 Å². The summed E-state index contributed by atoms with van der Waals surface area (Å²) in [4.78, 5) is 4.33. The van der Waals surface area contributed by atoms with Crippen LogP contribution in [-0.2, 0) is 6.42 Å². The molecule has 0 radical (unpaired) electrons. The van der Waals surface area contributed by atoms with Crippen LogP contribution in [0.25, 0.3) is 0 Å². The number of halogens is 2. The van der Waals surface area contributed by atoms with Crippen LogP contribution in [0, 0.1) is 5.82 Å². The molecule has 0 aliphatic rings. The fourth-order valence-electron chi connectivity index (χ4n) is 1.09. The Morgan fingerprint density at radius 1 is 1.29 bits per heavy atom. The molecule has 0 amide bonds. The van der Waals surface area contributed by atoms with Crippen LogP contribution in [0.2, 0.25) is 0 Å². The van der Waals surface area contributed by atoms with E-state index < -0.39 is 0 Å². The van der Waals surface area contributed by atoms with Crippen LogP contribution >= 0.6 is 15.9 Å². The molecule has 0 saturated carbocycles. The molecule has 0 spiro atoms. The first-order valence-corrected chi connectivity index (χ1v) is 4.76. The third kappa shape index (κ3) is 2.17. The first-order valence-electron chi connectivity index (χ1n) is 3.96. The Morgan fingerprint density at radius 2 is 2.00 bits per heavy atom. The maximum Gasteiger partial charge on any atom is 0.293 e. The first-order chi connectivity index (χ1) is 6.74. The summed E-state index contributed by atoms with van der Waals surface area (Å²) in [7, 11) is 0. The van der Waals surface area contributed by atoms with Crippen molar-refractivity contribution in [3.8, 4) is 0 Å². The van der Waals surface area contributed by atoms with Gasteiger partial charge in [0.25, 0.3) is 4.80 Å². The molecule has 1 heterocycles. The Kier molecular flexibility index (Phi) is 2.58. The molecule has 1 aromatic heterocycles. The topological polar surface area (TPSA) is 38.9 Å². The second kappa shape index (κ2) is 3.88. The van der Waals surface area contributed by atoms with Gasteiger partial charge in [-0.25, -0.2) is 4.39 Å². The Hall–Kier alpha value is -1.23. The van der Waals surface area contributed by atoms with Crippen LogP contribution in [0.4, 0.5) is 4.39 Å². The van der Waals surface area contributed by atoms with Crippen molar-refractivity contribution in [2.45, 2.75) is 6.42 Å². The molecular formula is C9H6BrFN2O. The molecule has 5 heteroatoms. The van der Waals surface area contributed by atoms with E-state index in [1.807, 2.05) is 0 Å². The van der Waals surface area contributed by atoms with Gasteiger partial charge < -0.3 is 4.52 Å². The van der Waals surface area contributed by atoms with E-state index in [1.165, 1.54) is 12.1 Å². The molecule has 2 rings (SSSR count). The second-order valence-electron chi connectivity index (χ2n) is 2.77. The highest BCUT2D eigenvalue weighted by atomic mass is 79.9. The maximum absolute atomic E-state index is 12.6. The lowest BCUT2D eigenvalue weighted by atomic mass is 10.1. The van der Waals surface area contributed by atoms with Crippen molar-refractivity contribution in [2.75, 3.05) is 0 Å². The van der Waals surface area contributed by atoms with Crippen LogP contribution in [0.1, 0.15) is 11.4 Å². The third-order valence-electron chi connectivity index (χ3n) is 1.72. The molecule has 0 aliphatic heterocycles. The first kappa shape index (κ1) is 9.33. The van der Waals surface area contributed by atoms with E-state index in [0.717, 1.165) is 5.56 Å². The van der Waals surface area contributed by atoms with Crippen LogP contribution < -0.4 is 0 Å². The van der Waals surface area contributed by atoms with Gasteiger partial charge in [0.15, 0.2) is 5.82 Å². The van der Waals surface area contributed by atoms with E-state index in [1.54, 1.807) is 12.1 Å². The van der Waals surface area contributed by atoms with Crippen molar-refractivity contribution < 1.29 is 8.91 Å². The molecule has 0 unspecified atom stereocenters. The molecule has 0 bridgehead atoms. The zero-order chi connectivity index (χ0) is 9.97. The summed E-state index contributed by atoms with van der Waals surface area (Å²) in [6.07, 6.45) is 0.537. The van der Waals surface area contributed by atoms with Gasteiger partial charge in [-0.1, -0.05) is 17.3 Å². The van der Waals surface area contributed by atoms with E-state index in [0.29, 0.717) is 17.0 Å². The van der Waals surface area contributed by atoms with Crippen molar-refractivity contribution in [3.63, 3.8) is 0 Å². The van der Waals surface area contributed by atoms with Crippen LogP contribution in [-0.4, -0.2) is 10.1 Å².